The van der Waals surface area contributed by atoms with Gasteiger partial charge in [0.2, 0.25) is 0 Å². The Morgan fingerprint density at radius 1 is 1.47 bits per heavy atom. The summed E-state index contributed by atoms with van der Waals surface area (Å²) >= 11 is 5.98. The second-order valence-corrected chi connectivity index (χ2v) is 6.92. The molecule has 1 unspecified atom stereocenters. The molecule has 1 heterocycles. The Hall–Kier alpha value is 0.190. The SMILES string of the molecule is CC(C)C1CN(c2cc(Br)ccc2I)CCN1. The Morgan fingerprint density at radius 2 is 2.24 bits per heavy atom. The molecule has 0 spiro atoms. The van der Waals surface area contributed by atoms with Crippen LogP contribution < -0.4 is 10.2 Å². The molecule has 1 N–H and O–H groups in total. The van der Waals surface area contributed by atoms with E-state index < -0.39 is 0 Å². The predicted octanol–water partition coefficient (Wildman–Crippen LogP) is 3.49. The first-order valence-corrected chi connectivity index (χ1v) is 7.88. The van der Waals surface area contributed by atoms with Crippen molar-refractivity contribution >= 4 is 44.2 Å². The van der Waals surface area contributed by atoms with E-state index in [-0.39, 0.29) is 0 Å². The Kier molecular flexibility index (Phi) is 4.72. The van der Waals surface area contributed by atoms with Crippen LogP contribution in [0.4, 0.5) is 5.69 Å². The molecule has 2 rings (SSSR count). The molecule has 1 aliphatic rings. The van der Waals surface area contributed by atoms with Crippen LogP contribution >= 0.6 is 38.5 Å². The zero-order chi connectivity index (χ0) is 12.4. The summed E-state index contributed by atoms with van der Waals surface area (Å²) in [5.41, 5.74) is 1.35. The third-order valence-corrected chi connectivity index (χ3v) is 4.66. The van der Waals surface area contributed by atoms with E-state index in [1.807, 2.05) is 0 Å². The summed E-state index contributed by atoms with van der Waals surface area (Å²) in [7, 11) is 0. The number of hydrogen-bond acceptors (Lipinski definition) is 2. The minimum Gasteiger partial charge on any atom is -0.368 e. The predicted molar refractivity (Wildman–Crippen MR) is 85.7 cm³/mol. The van der Waals surface area contributed by atoms with Crippen molar-refractivity contribution in [2.45, 2.75) is 19.9 Å². The molecule has 4 heteroatoms. The van der Waals surface area contributed by atoms with Crippen LogP contribution in [0.1, 0.15) is 13.8 Å². The summed E-state index contributed by atoms with van der Waals surface area (Å²) in [5.74, 6) is 0.683. The minimum atomic E-state index is 0.596. The van der Waals surface area contributed by atoms with E-state index in [0.29, 0.717) is 12.0 Å². The fraction of sp³-hybridized carbons (Fsp3) is 0.538. The molecule has 2 nitrogen and oxygen atoms in total. The van der Waals surface area contributed by atoms with Crippen LogP contribution in [0, 0.1) is 9.49 Å². The molecule has 0 aromatic heterocycles. The molecule has 0 amide bonds. The van der Waals surface area contributed by atoms with Crippen molar-refractivity contribution in [2.24, 2.45) is 5.92 Å². The number of piperazine rings is 1. The van der Waals surface area contributed by atoms with Gasteiger partial charge in [0.1, 0.15) is 0 Å². The topological polar surface area (TPSA) is 15.3 Å². The monoisotopic (exact) mass is 408 g/mol. The second kappa shape index (κ2) is 5.89. The van der Waals surface area contributed by atoms with Gasteiger partial charge in [-0.1, -0.05) is 29.8 Å². The van der Waals surface area contributed by atoms with Crippen molar-refractivity contribution in [1.82, 2.24) is 5.32 Å². The Labute approximate surface area is 125 Å². The Morgan fingerprint density at radius 3 is 2.94 bits per heavy atom. The summed E-state index contributed by atoms with van der Waals surface area (Å²) in [4.78, 5) is 2.49. The number of anilines is 1. The molecule has 0 saturated carbocycles. The normalized spacial score (nSPS) is 21.0. The van der Waals surface area contributed by atoms with Crippen LogP contribution in [0.15, 0.2) is 22.7 Å². The van der Waals surface area contributed by atoms with Gasteiger partial charge in [-0.05, 0) is 46.7 Å². The molecular formula is C13H18BrIN2. The van der Waals surface area contributed by atoms with Crippen molar-refractivity contribution in [3.63, 3.8) is 0 Å². The van der Waals surface area contributed by atoms with Crippen molar-refractivity contribution < 1.29 is 0 Å². The van der Waals surface area contributed by atoms with Crippen LogP contribution in [0.2, 0.25) is 0 Å². The highest BCUT2D eigenvalue weighted by atomic mass is 127. The lowest BCUT2D eigenvalue weighted by molar-refractivity contribution is 0.368. The van der Waals surface area contributed by atoms with Gasteiger partial charge in [-0.15, -0.1) is 0 Å². The number of nitrogens with one attached hydrogen (secondary N) is 1. The number of nitrogens with zero attached hydrogens (tertiary/aromatic N) is 1. The number of hydrogen-bond donors (Lipinski definition) is 1. The van der Waals surface area contributed by atoms with Crippen LogP contribution in [-0.4, -0.2) is 25.7 Å². The molecule has 1 atom stereocenters. The van der Waals surface area contributed by atoms with Gasteiger partial charge in [0.05, 0.1) is 5.69 Å². The molecule has 1 aliphatic heterocycles. The van der Waals surface area contributed by atoms with Crippen molar-refractivity contribution in [2.75, 3.05) is 24.5 Å². The van der Waals surface area contributed by atoms with Crippen LogP contribution in [0.5, 0.6) is 0 Å². The molecule has 1 fully saturated rings. The lowest BCUT2D eigenvalue weighted by atomic mass is 10.0. The van der Waals surface area contributed by atoms with Gasteiger partial charge in [-0.2, -0.15) is 0 Å². The van der Waals surface area contributed by atoms with Crippen molar-refractivity contribution in [3.8, 4) is 0 Å². The van der Waals surface area contributed by atoms with E-state index in [4.69, 9.17) is 0 Å². The first-order chi connectivity index (χ1) is 8.08. The highest BCUT2D eigenvalue weighted by molar-refractivity contribution is 14.1. The van der Waals surface area contributed by atoms with Crippen LogP contribution in [-0.2, 0) is 0 Å². The van der Waals surface area contributed by atoms with Gasteiger partial charge >= 0.3 is 0 Å². The van der Waals surface area contributed by atoms with Gasteiger partial charge in [-0.3, -0.25) is 0 Å². The van der Waals surface area contributed by atoms with E-state index in [9.17, 15) is 0 Å². The standard InChI is InChI=1S/C13H18BrIN2/c1-9(2)12-8-17(6-5-16-12)13-7-10(14)3-4-11(13)15/h3-4,7,9,12,16H,5-6,8H2,1-2H3. The van der Waals surface area contributed by atoms with Crippen molar-refractivity contribution in [3.05, 3.63) is 26.2 Å². The number of halogens is 2. The summed E-state index contributed by atoms with van der Waals surface area (Å²) in [5, 5.41) is 3.60. The third kappa shape index (κ3) is 3.35. The van der Waals surface area contributed by atoms with E-state index >= 15 is 0 Å². The number of benzene rings is 1. The van der Waals surface area contributed by atoms with E-state index in [1.165, 1.54) is 9.26 Å². The lowest BCUT2D eigenvalue weighted by Crippen LogP contribution is -2.53. The smallest absolute Gasteiger partial charge is 0.0514 e. The van der Waals surface area contributed by atoms with Crippen molar-refractivity contribution in [1.29, 1.82) is 0 Å². The molecular weight excluding hydrogens is 391 g/mol. The molecule has 0 bridgehead atoms. The highest BCUT2D eigenvalue weighted by Crippen LogP contribution is 2.27. The summed E-state index contributed by atoms with van der Waals surface area (Å²) in [6.07, 6.45) is 0. The van der Waals surface area contributed by atoms with Gasteiger partial charge in [0, 0.05) is 33.7 Å². The third-order valence-electron chi connectivity index (χ3n) is 3.26. The summed E-state index contributed by atoms with van der Waals surface area (Å²) < 4.78 is 2.49. The van der Waals surface area contributed by atoms with Gasteiger partial charge in [-0.25, -0.2) is 0 Å². The first kappa shape index (κ1) is 13.6. The first-order valence-electron chi connectivity index (χ1n) is 6.01. The zero-order valence-electron chi connectivity index (χ0n) is 10.2. The fourth-order valence-corrected chi connectivity index (χ4v) is 3.20. The second-order valence-electron chi connectivity index (χ2n) is 4.85. The van der Waals surface area contributed by atoms with E-state index in [2.05, 4.69) is 80.8 Å². The maximum atomic E-state index is 3.60. The fourth-order valence-electron chi connectivity index (χ4n) is 2.17. The summed E-state index contributed by atoms with van der Waals surface area (Å²) in [6, 6.07) is 7.10. The maximum absolute atomic E-state index is 3.60. The Balaban J connectivity index is 2.18. The molecule has 17 heavy (non-hydrogen) atoms. The molecule has 0 radical (unpaired) electrons. The Bertz CT molecular complexity index is 395. The number of rotatable bonds is 2. The van der Waals surface area contributed by atoms with Crippen LogP contribution in [0.25, 0.3) is 0 Å². The lowest BCUT2D eigenvalue weighted by Gasteiger charge is -2.37. The quantitative estimate of drug-likeness (QED) is 0.753. The van der Waals surface area contributed by atoms with Crippen LogP contribution in [0.3, 0.4) is 0 Å². The largest absolute Gasteiger partial charge is 0.368 e. The maximum Gasteiger partial charge on any atom is 0.0514 e. The van der Waals surface area contributed by atoms with Gasteiger partial charge in [0.15, 0.2) is 0 Å². The van der Waals surface area contributed by atoms with Gasteiger partial charge in [0.25, 0.3) is 0 Å². The minimum absolute atomic E-state index is 0.596. The molecule has 0 aliphatic carbocycles. The average molecular weight is 409 g/mol. The average Bonchev–Trinajstić information content (AvgIpc) is 2.32. The molecule has 1 aromatic rings. The highest BCUT2D eigenvalue weighted by Gasteiger charge is 2.22. The van der Waals surface area contributed by atoms with Gasteiger partial charge < -0.3 is 10.2 Å². The summed E-state index contributed by atoms with van der Waals surface area (Å²) in [6.45, 7) is 7.84. The molecule has 1 saturated heterocycles. The zero-order valence-corrected chi connectivity index (χ0v) is 14.0. The molecule has 94 valence electrons. The molecule has 1 aromatic carbocycles. The van der Waals surface area contributed by atoms with E-state index in [0.717, 1.165) is 24.1 Å². The van der Waals surface area contributed by atoms with E-state index in [1.54, 1.807) is 0 Å².